The Bertz CT molecular complexity index is 895. The van der Waals surface area contributed by atoms with Crippen LogP contribution in [0, 0.1) is 10.1 Å². The smallest absolute Gasteiger partial charge is 0.269 e. The average molecular weight is 369 g/mol. The van der Waals surface area contributed by atoms with Crippen molar-refractivity contribution in [3.8, 4) is 0 Å². The summed E-state index contributed by atoms with van der Waals surface area (Å²) < 4.78 is 3.30. The minimum atomic E-state index is -0.381. The summed E-state index contributed by atoms with van der Waals surface area (Å²) in [7, 11) is 0. The van der Waals surface area contributed by atoms with Crippen molar-refractivity contribution in [3.05, 3.63) is 63.7 Å². The Morgan fingerprint density at radius 3 is 2.77 bits per heavy atom. The van der Waals surface area contributed by atoms with Crippen LogP contribution in [-0.4, -0.2) is 17.4 Å². The number of nitrogens with zero attached hydrogens (tertiary/aromatic N) is 2. The Balaban J connectivity index is 1.46. The number of carbonyl (C=O) groups is 1. The van der Waals surface area contributed by atoms with Crippen LogP contribution >= 0.6 is 11.9 Å². The third kappa shape index (κ3) is 2.72. The molecule has 1 saturated carbocycles. The second-order valence-electron chi connectivity index (χ2n) is 6.68. The molecule has 0 saturated heterocycles. The van der Waals surface area contributed by atoms with Crippen molar-refractivity contribution < 1.29 is 9.72 Å². The summed E-state index contributed by atoms with van der Waals surface area (Å²) >= 11 is 1.48. The van der Waals surface area contributed by atoms with Gasteiger partial charge in [0.25, 0.3) is 5.69 Å². The zero-order valence-electron chi connectivity index (χ0n) is 14.4. The molecule has 1 N–H and O–H groups in total. The predicted octanol–water partition coefficient (Wildman–Crippen LogP) is 4.25. The van der Waals surface area contributed by atoms with Crippen molar-refractivity contribution in [1.82, 2.24) is 0 Å². The number of rotatable bonds is 6. The van der Waals surface area contributed by atoms with E-state index in [1.807, 2.05) is 30.0 Å². The predicted molar refractivity (Wildman–Crippen MR) is 103 cm³/mol. The molecule has 0 radical (unpaired) electrons. The lowest BCUT2D eigenvalue weighted by Crippen LogP contribution is -2.31. The molecular weight excluding hydrogens is 350 g/mol. The van der Waals surface area contributed by atoms with E-state index in [9.17, 15) is 14.9 Å². The van der Waals surface area contributed by atoms with E-state index in [4.69, 9.17) is 0 Å². The van der Waals surface area contributed by atoms with Crippen molar-refractivity contribution >= 4 is 34.9 Å². The van der Waals surface area contributed by atoms with Crippen LogP contribution in [0.1, 0.15) is 30.9 Å². The van der Waals surface area contributed by atoms with Gasteiger partial charge in [-0.05, 0) is 61.0 Å². The molecule has 26 heavy (non-hydrogen) atoms. The maximum absolute atomic E-state index is 12.6. The second kappa shape index (κ2) is 6.32. The number of hydrogen-bond donors (Lipinski definition) is 1. The summed E-state index contributed by atoms with van der Waals surface area (Å²) in [6.45, 7) is 2.70. The summed E-state index contributed by atoms with van der Waals surface area (Å²) in [5, 5.41) is 10.9. The first kappa shape index (κ1) is 16.9. The van der Waals surface area contributed by atoms with Crippen LogP contribution in [0.25, 0.3) is 0 Å². The first-order valence-corrected chi connectivity index (χ1v) is 9.61. The van der Waals surface area contributed by atoms with Crippen LogP contribution in [0.3, 0.4) is 0 Å². The van der Waals surface area contributed by atoms with Crippen LogP contribution < -0.4 is 9.62 Å². The van der Waals surface area contributed by atoms with Crippen molar-refractivity contribution in [2.75, 3.05) is 16.2 Å². The van der Waals surface area contributed by atoms with E-state index in [1.54, 1.807) is 12.1 Å². The summed E-state index contributed by atoms with van der Waals surface area (Å²) in [5.74, 6) is 0.848. The van der Waals surface area contributed by atoms with Gasteiger partial charge in [-0.15, -0.1) is 0 Å². The van der Waals surface area contributed by atoms with Crippen LogP contribution in [0.15, 0.2) is 42.5 Å². The van der Waals surface area contributed by atoms with Gasteiger partial charge in [0.2, 0.25) is 5.91 Å². The molecule has 134 valence electrons. The average Bonchev–Trinajstić information content (AvgIpc) is 3.41. The molecule has 1 spiro atoms. The molecule has 1 aliphatic carbocycles. The molecule has 2 aromatic rings. The second-order valence-corrected chi connectivity index (χ2v) is 7.46. The third-order valence-electron chi connectivity index (χ3n) is 5.07. The lowest BCUT2D eigenvalue weighted by Gasteiger charge is -2.15. The minimum Gasteiger partial charge on any atom is -0.329 e. The number of benzene rings is 2. The molecular formula is C19H19N3O3S. The van der Waals surface area contributed by atoms with E-state index in [-0.39, 0.29) is 21.9 Å². The maximum atomic E-state index is 12.6. The highest BCUT2D eigenvalue weighted by molar-refractivity contribution is 7.99. The van der Waals surface area contributed by atoms with Crippen LogP contribution in [0.5, 0.6) is 0 Å². The Morgan fingerprint density at radius 1 is 1.27 bits per heavy atom. The number of carbonyl (C=O) groups excluding carboxylic acids is 1. The molecule has 7 heteroatoms. The fourth-order valence-corrected chi connectivity index (χ4v) is 4.30. The largest absolute Gasteiger partial charge is 0.329 e. The van der Waals surface area contributed by atoms with E-state index >= 15 is 0 Å². The van der Waals surface area contributed by atoms with Crippen LogP contribution in [0.4, 0.5) is 17.1 Å². The van der Waals surface area contributed by atoms with E-state index in [0.29, 0.717) is 12.3 Å². The lowest BCUT2D eigenvalue weighted by atomic mass is 9.97. The number of non-ortho nitro benzene ring substituents is 1. The molecule has 1 amide bonds. The van der Waals surface area contributed by atoms with Crippen molar-refractivity contribution in [3.63, 3.8) is 0 Å². The fourth-order valence-electron chi connectivity index (χ4n) is 3.59. The molecule has 1 fully saturated rings. The van der Waals surface area contributed by atoms with Gasteiger partial charge < -0.3 is 9.62 Å². The van der Waals surface area contributed by atoms with E-state index in [0.717, 1.165) is 35.3 Å². The Hall–Kier alpha value is -2.54. The highest BCUT2D eigenvalue weighted by atomic mass is 32.2. The molecule has 0 atom stereocenters. The SMILES string of the molecule is CCN1C(=O)C2(CC2)c2cc(NSCc3cccc([N+](=O)[O-])c3)ccc21. The first-order valence-electron chi connectivity index (χ1n) is 8.63. The number of anilines is 2. The Kier molecular flexibility index (Phi) is 4.11. The zero-order valence-corrected chi connectivity index (χ0v) is 15.2. The van der Waals surface area contributed by atoms with Crippen molar-refractivity contribution in [1.29, 1.82) is 0 Å². The van der Waals surface area contributed by atoms with Gasteiger partial charge in [0.1, 0.15) is 0 Å². The monoisotopic (exact) mass is 369 g/mol. The fraction of sp³-hybridized carbons (Fsp3) is 0.316. The quantitative estimate of drug-likeness (QED) is 0.468. The van der Waals surface area contributed by atoms with Crippen molar-refractivity contribution in [2.45, 2.75) is 30.9 Å². The molecule has 0 aromatic heterocycles. The number of nitrogens with one attached hydrogen (secondary N) is 1. The standard InChI is InChI=1S/C19H19N3O3S/c1-2-21-17-7-6-14(11-16(17)19(8-9-19)18(21)23)20-26-12-13-4-3-5-15(10-13)22(24)25/h3-7,10-11,20H,2,8-9,12H2,1H3. The molecule has 2 aromatic carbocycles. The van der Waals surface area contributed by atoms with Gasteiger partial charge in [-0.1, -0.05) is 12.1 Å². The number of nitro benzene ring substituents is 1. The topological polar surface area (TPSA) is 75.5 Å². The van der Waals surface area contributed by atoms with Crippen LogP contribution in [-0.2, 0) is 16.0 Å². The third-order valence-corrected chi connectivity index (χ3v) is 5.93. The minimum absolute atomic E-state index is 0.106. The Morgan fingerprint density at radius 2 is 2.08 bits per heavy atom. The number of likely N-dealkylation sites (N-methyl/N-ethyl adjacent to an activating group) is 1. The maximum Gasteiger partial charge on any atom is 0.269 e. The molecule has 0 unspecified atom stereocenters. The summed E-state index contributed by atoms with van der Waals surface area (Å²) in [6.07, 6.45) is 1.86. The first-order chi connectivity index (χ1) is 12.5. The van der Waals surface area contributed by atoms with Gasteiger partial charge in [-0.3, -0.25) is 14.9 Å². The lowest BCUT2D eigenvalue weighted by molar-refractivity contribution is -0.384. The van der Waals surface area contributed by atoms with E-state index in [2.05, 4.69) is 10.8 Å². The van der Waals surface area contributed by atoms with E-state index < -0.39 is 0 Å². The molecule has 2 aliphatic rings. The summed E-state index contributed by atoms with van der Waals surface area (Å²) in [4.78, 5) is 25.0. The van der Waals surface area contributed by atoms with Crippen LogP contribution in [0.2, 0.25) is 0 Å². The normalized spacial score (nSPS) is 16.7. The highest BCUT2D eigenvalue weighted by Crippen LogP contribution is 2.57. The molecule has 1 aliphatic heterocycles. The van der Waals surface area contributed by atoms with Gasteiger partial charge in [0, 0.05) is 35.8 Å². The molecule has 1 heterocycles. The van der Waals surface area contributed by atoms with Gasteiger partial charge >= 0.3 is 0 Å². The number of nitro groups is 1. The summed E-state index contributed by atoms with van der Waals surface area (Å²) in [6, 6.07) is 12.7. The molecule has 6 nitrogen and oxygen atoms in total. The van der Waals surface area contributed by atoms with Gasteiger partial charge in [0.15, 0.2) is 0 Å². The van der Waals surface area contributed by atoms with Gasteiger partial charge in [0.05, 0.1) is 10.3 Å². The number of hydrogen-bond acceptors (Lipinski definition) is 5. The summed E-state index contributed by atoms with van der Waals surface area (Å²) in [5.41, 5.74) is 3.83. The highest BCUT2D eigenvalue weighted by Gasteiger charge is 2.58. The number of fused-ring (bicyclic) bond motifs is 2. The van der Waals surface area contributed by atoms with E-state index in [1.165, 1.54) is 18.0 Å². The number of amides is 1. The zero-order chi connectivity index (χ0) is 18.3. The molecule has 0 bridgehead atoms. The molecule has 4 rings (SSSR count). The Labute approximate surface area is 155 Å². The van der Waals surface area contributed by atoms with Gasteiger partial charge in [-0.25, -0.2) is 0 Å². The van der Waals surface area contributed by atoms with Gasteiger partial charge in [-0.2, -0.15) is 0 Å². The van der Waals surface area contributed by atoms with Crippen molar-refractivity contribution in [2.24, 2.45) is 0 Å².